The molecule has 2 saturated carbocycles. The number of hydrogen-bond donors (Lipinski definition) is 0. The van der Waals surface area contributed by atoms with Crippen LogP contribution in [0, 0.1) is 24.7 Å². The summed E-state index contributed by atoms with van der Waals surface area (Å²) in [6, 6.07) is 5.43. The van der Waals surface area contributed by atoms with E-state index in [1.165, 1.54) is 37.3 Å². The number of benzene rings is 1. The first kappa shape index (κ1) is 18.3. The van der Waals surface area contributed by atoms with Gasteiger partial charge in [0.15, 0.2) is 0 Å². The van der Waals surface area contributed by atoms with Gasteiger partial charge in [-0.1, -0.05) is 20.3 Å². The molecule has 2 aromatic rings. The Morgan fingerprint density at radius 2 is 2.04 bits per heavy atom. The van der Waals surface area contributed by atoms with E-state index in [0.29, 0.717) is 29.8 Å². The number of carbonyl (C=O) groups is 1. The zero-order valence-electron chi connectivity index (χ0n) is 16.4. The smallest absolute Gasteiger partial charge is 0.336 e. The lowest BCUT2D eigenvalue weighted by atomic mass is 9.86. The standard InChI is InChI=1S/C23H28O4/c1-13(2)19-11-20-18(10-23(25)27-21(20)6-14(19)3)12-26-22(24)9-17-8-15-4-5-16(17)7-15/h6,10-11,13,15-17H,4-5,7-9,12H2,1-3H3/t15-,16-,17+/m1/s1. The van der Waals surface area contributed by atoms with E-state index in [0.717, 1.165) is 22.4 Å². The molecule has 2 aliphatic carbocycles. The van der Waals surface area contributed by atoms with Gasteiger partial charge in [0.2, 0.25) is 0 Å². The van der Waals surface area contributed by atoms with Gasteiger partial charge in [0, 0.05) is 23.4 Å². The number of rotatable bonds is 5. The highest BCUT2D eigenvalue weighted by atomic mass is 16.5. The van der Waals surface area contributed by atoms with Crippen molar-refractivity contribution in [3.05, 3.63) is 45.3 Å². The molecule has 0 radical (unpaired) electrons. The lowest BCUT2D eigenvalue weighted by Crippen LogP contribution is -2.17. The van der Waals surface area contributed by atoms with Crippen LogP contribution in [0.3, 0.4) is 0 Å². The third-order valence-electron chi connectivity index (χ3n) is 6.54. The maximum absolute atomic E-state index is 12.4. The van der Waals surface area contributed by atoms with Crippen LogP contribution in [0.15, 0.2) is 27.4 Å². The molecule has 1 heterocycles. The Kier molecular flexibility index (Phi) is 4.83. The molecule has 0 spiro atoms. The normalized spacial score (nSPS) is 24.1. The summed E-state index contributed by atoms with van der Waals surface area (Å²) in [6.45, 7) is 6.43. The van der Waals surface area contributed by atoms with Gasteiger partial charge in [0.25, 0.3) is 0 Å². The second-order valence-electron chi connectivity index (χ2n) is 8.75. The number of hydrogen-bond acceptors (Lipinski definition) is 4. The Labute approximate surface area is 159 Å². The van der Waals surface area contributed by atoms with Crippen LogP contribution in [0.25, 0.3) is 11.0 Å². The quantitative estimate of drug-likeness (QED) is 0.544. The Balaban J connectivity index is 1.51. The van der Waals surface area contributed by atoms with Crippen LogP contribution in [0.5, 0.6) is 0 Å². The van der Waals surface area contributed by atoms with E-state index >= 15 is 0 Å². The molecule has 0 saturated heterocycles. The van der Waals surface area contributed by atoms with E-state index in [1.54, 1.807) is 0 Å². The molecule has 2 aliphatic rings. The molecule has 0 aliphatic heterocycles. The van der Waals surface area contributed by atoms with E-state index < -0.39 is 5.63 Å². The summed E-state index contributed by atoms with van der Waals surface area (Å²) < 4.78 is 10.9. The predicted molar refractivity (Wildman–Crippen MR) is 105 cm³/mol. The summed E-state index contributed by atoms with van der Waals surface area (Å²) in [6.07, 6.45) is 5.58. The average molecular weight is 368 g/mol. The van der Waals surface area contributed by atoms with Crippen molar-refractivity contribution in [1.82, 2.24) is 0 Å². The molecular formula is C23H28O4. The fourth-order valence-corrected chi connectivity index (χ4v) is 5.19. The highest BCUT2D eigenvalue weighted by molar-refractivity contribution is 5.82. The van der Waals surface area contributed by atoms with Crippen LogP contribution in [-0.2, 0) is 16.1 Å². The first-order valence-electron chi connectivity index (χ1n) is 10.1. The van der Waals surface area contributed by atoms with Gasteiger partial charge in [-0.05, 0) is 73.1 Å². The van der Waals surface area contributed by atoms with E-state index in [-0.39, 0.29) is 12.6 Å². The van der Waals surface area contributed by atoms with Crippen molar-refractivity contribution in [2.45, 2.75) is 65.4 Å². The molecule has 4 heteroatoms. The van der Waals surface area contributed by atoms with Crippen LogP contribution >= 0.6 is 0 Å². The first-order valence-corrected chi connectivity index (χ1v) is 10.1. The minimum atomic E-state index is -0.404. The van der Waals surface area contributed by atoms with E-state index in [9.17, 15) is 9.59 Å². The van der Waals surface area contributed by atoms with Gasteiger partial charge in [-0.2, -0.15) is 0 Å². The maximum Gasteiger partial charge on any atom is 0.336 e. The molecule has 1 aromatic carbocycles. The van der Waals surface area contributed by atoms with Crippen molar-refractivity contribution in [2.75, 3.05) is 0 Å². The Bertz CT molecular complexity index is 924. The molecule has 2 bridgehead atoms. The summed E-state index contributed by atoms with van der Waals surface area (Å²) in [7, 11) is 0. The molecule has 1 aromatic heterocycles. The molecule has 4 rings (SSSR count). The van der Waals surface area contributed by atoms with Gasteiger partial charge < -0.3 is 9.15 Å². The second-order valence-corrected chi connectivity index (χ2v) is 8.75. The molecule has 2 fully saturated rings. The molecular weight excluding hydrogens is 340 g/mol. The SMILES string of the molecule is Cc1cc2oc(=O)cc(COC(=O)C[C@@H]3C[C@@H]4CC[C@@H]3C4)c2cc1C(C)C. The van der Waals surface area contributed by atoms with Gasteiger partial charge in [-0.15, -0.1) is 0 Å². The molecule has 0 unspecified atom stereocenters. The van der Waals surface area contributed by atoms with E-state index in [1.807, 2.05) is 13.0 Å². The van der Waals surface area contributed by atoms with Crippen LogP contribution in [0.4, 0.5) is 0 Å². The summed E-state index contributed by atoms with van der Waals surface area (Å²) in [4.78, 5) is 24.3. The zero-order chi connectivity index (χ0) is 19.1. The summed E-state index contributed by atoms with van der Waals surface area (Å²) in [5, 5.41) is 0.858. The molecule has 144 valence electrons. The van der Waals surface area contributed by atoms with Crippen molar-refractivity contribution in [2.24, 2.45) is 17.8 Å². The topological polar surface area (TPSA) is 56.5 Å². The first-order chi connectivity index (χ1) is 12.9. The number of aryl methyl sites for hydroxylation is 1. The van der Waals surface area contributed by atoms with Crippen LogP contribution in [0.1, 0.15) is 68.6 Å². The molecule has 3 atom stereocenters. The van der Waals surface area contributed by atoms with Crippen LogP contribution in [-0.4, -0.2) is 5.97 Å². The van der Waals surface area contributed by atoms with Crippen molar-refractivity contribution in [1.29, 1.82) is 0 Å². The fourth-order valence-electron chi connectivity index (χ4n) is 5.19. The molecule has 0 N–H and O–H groups in total. The van der Waals surface area contributed by atoms with Crippen LogP contribution in [0.2, 0.25) is 0 Å². The number of ether oxygens (including phenoxy) is 1. The Morgan fingerprint density at radius 1 is 1.22 bits per heavy atom. The predicted octanol–water partition coefficient (Wildman–Crippen LogP) is 5.09. The molecule has 0 amide bonds. The largest absolute Gasteiger partial charge is 0.461 e. The van der Waals surface area contributed by atoms with E-state index in [2.05, 4.69) is 19.9 Å². The van der Waals surface area contributed by atoms with Crippen molar-refractivity contribution in [3.63, 3.8) is 0 Å². The molecule has 4 nitrogen and oxygen atoms in total. The van der Waals surface area contributed by atoms with E-state index in [4.69, 9.17) is 9.15 Å². The number of esters is 1. The minimum Gasteiger partial charge on any atom is -0.461 e. The minimum absolute atomic E-state index is 0.127. The summed E-state index contributed by atoms with van der Waals surface area (Å²) in [5.74, 6) is 2.25. The lowest BCUT2D eigenvalue weighted by molar-refractivity contribution is -0.146. The van der Waals surface area contributed by atoms with Crippen molar-refractivity contribution < 1.29 is 13.9 Å². The maximum atomic E-state index is 12.4. The Hall–Kier alpha value is -2.10. The van der Waals surface area contributed by atoms with Crippen molar-refractivity contribution in [3.8, 4) is 0 Å². The van der Waals surface area contributed by atoms with Gasteiger partial charge >= 0.3 is 11.6 Å². The number of carbonyl (C=O) groups excluding carboxylic acids is 1. The second kappa shape index (κ2) is 7.14. The fraction of sp³-hybridized carbons (Fsp3) is 0.565. The van der Waals surface area contributed by atoms with Gasteiger partial charge in [0.1, 0.15) is 12.2 Å². The average Bonchev–Trinajstić information content (AvgIpc) is 3.21. The van der Waals surface area contributed by atoms with Gasteiger partial charge in [0.05, 0.1) is 0 Å². The van der Waals surface area contributed by atoms with Crippen molar-refractivity contribution >= 4 is 16.9 Å². The monoisotopic (exact) mass is 368 g/mol. The summed E-state index contributed by atoms with van der Waals surface area (Å²) in [5.41, 5.74) is 3.20. The van der Waals surface area contributed by atoms with Gasteiger partial charge in [-0.25, -0.2) is 4.79 Å². The summed E-state index contributed by atoms with van der Waals surface area (Å²) >= 11 is 0. The third kappa shape index (κ3) is 3.67. The number of fused-ring (bicyclic) bond motifs is 3. The zero-order valence-corrected chi connectivity index (χ0v) is 16.4. The molecule has 27 heavy (non-hydrogen) atoms. The van der Waals surface area contributed by atoms with Gasteiger partial charge in [-0.3, -0.25) is 4.79 Å². The lowest BCUT2D eigenvalue weighted by Gasteiger charge is -2.20. The third-order valence-corrected chi connectivity index (χ3v) is 6.54. The van der Waals surface area contributed by atoms with Crippen LogP contribution < -0.4 is 5.63 Å². The highest BCUT2D eigenvalue weighted by Crippen LogP contribution is 2.49. The Morgan fingerprint density at radius 3 is 2.70 bits per heavy atom. The highest BCUT2D eigenvalue weighted by Gasteiger charge is 2.40.